The van der Waals surface area contributed by atoms with Crippen molar-refractivity contribution >= 4 is 38.4 Å². The van der Waals surface area contributed by atoms with E-state index in [1.54, 1.807) is 4.90 Å². The van der Waals surface area contributed by atoms with Crippen LogP contribution in [-0.2, 0) is 15.5 Å². The number of para-hydroxylation sites is 1. The van der Waals surface area contributed by atoms with Crippen molar-refractivity contribution in [3.05, 3.63) is 24.3 Å². The third kappa shape index (κ3) is 3.95. The lowest BCUT2D eigenvalue weighted by atomic mass is 10.1. The second-order valence-corrected chi connectivity index (χ2v) is 9.87. The highest BCUT2D eigenvalue weighted by Crippen LogP contribution is 2.28. The van der Waals surface area contributed by atoms with Crippen molar-refractivity contribution in [1.29, 1.82) is 0 Å². The predicted octanol–water partition coefficient (Wildman–Crippen LogP) is 3.80. The molecule has 1 aromatic carbocycles. The zero-order valence-electron chi connectivity index (χ0n) is 14.2. The first-order chi connectivity index (χ1) is 11.3. The number of carbonyl (C=O) groups is 1. The van der Waals surface area contributed by atoms with E-state index in [9.17, 15) is 9.00 Å². The summed E-state index contributed by atoms with van der Waals surface area (Å²) in [7, 11) is -1.20. The van der Waals surface area contributed by atoms with Crippen LogP contribution in [0.5, 0.6) is 0 Å². The number of amides is 1. The Kier molecular flexibility index (Phi) is 4.92. The van der Waals surface area contributed by atoms with E-state index in [0.29, 0.717) is 17.4 Å². The summed E-state index contributed by atoms with van der Waals surface area (Å²) in [4.78, 5) is 18.4. The standard InChI is InChI=1S/C17H22N2O3S2/c1-17(2,3)22-16(20)19-10-6-7-12(11-19)24(21)15-18-13-8-4-5-9-14(13)23-15/h4-5,8-9,12H,6-7,10-11H2,1-3H3. The summed E-state index contributed by atoms with van der Waals surface area (Å²) in [6.07, 6.45) is 1.34. The molecule has 2 heterocycles. The van der Waals surface area contributed by atoms with Crippen LogP contribution in [-0.4, -0.2) is 44.1 Å². The molecule has 2 atom stereocenters. The smallest absolute Gasteiger partial charge is 0.410 e. The van der Waals surface area contributed by atoms with E-state index in [4.69, 9.17) is 4.74 Å². The number of aromatic nitrogens is 1. The van der Waals surface area contributed by atoms with Gasteiger partial charge in [-0.15, -0.1) is 11.3 Å². The van der Waals surface area contributed by atoms with Gasteiger partial charge in [0.1, 0.15) is 5.60 Å². The number of ether oxygens (including phenoxy) is 1. The van der Waals surface area contributed by atoms with Gasteiger partial charge in [-0.2, -0.15) is 0 Å². The Bertz CT molecular complexity index is 734. The van der Waals surface area contributed by atoms with Crippen LogP contribution in [0.15, 0.2) is 28.6 Å². The molecule has 2 unspecified atom stereocenters. The molecule has 2 aromatic rings. The average Bonchev–Trinajstić information content (AvgIpc) is 2.96. The molecule has 1 aromatic heterocycles. The minimum atomic E-state index is -1.20. The maximum absolute atomic E-state index is 12.9. The second kappa shape index (κ2) is 6.80. The molecule has 5 nitrogen and oxygen atoms in total. The topological polar surface area (TPSA) is 59.5 Å². The number of rotatable bonds is 2. The van der Waals surface area contributed by atoms with Crippen molar-refractivity contribution < 1.29 is 13.7 Å². The number of thiazole rings is 1. The minimum absolute atomic E-state index is 0.0909. The van der Waals surface area contributed by atoms with E-state index in [-0.39, 0.29) is 11.3 Å². The molecular weight excluding hydrogens is 344 g/mol. The maximum Gasteiger partial charge on any atom is 0.410 e. The zero-order valence-corrected chi connectivity index (χ0v) is 15.8. The van der Waals surface area contributed by atoms with Crippen molar-refractivity contribution in [2.24, 2.45) is 0 Å². The Hall–Kier alpha value is -1.47. The molecule has 0 spiro atoms. The fraction of sp³-hybridized carbons (Fsp3) is 0.529. The Morgan fingerprint density at radius 3 is 2.83 bits per heavy atom. The molecular formula is C17H22N2O3S2. The minimum Gasteiger partial charge on any atom is -0.444 e. The largest absolute Gasteiger partial charge is 0.444 e. The van der Waals surface area contributed by atoms with Gasteiger partial charge >= 0.3 is 6.09 Å². The highest BCUT2D eigenvalue weighted by molar-refractivity contribution is 7.88. The van der Waals surface area contributed by atoms with Gasteiger partial charge in [0.25, 0.3) is 0 Å². The highest BCUT2D eigenvalue weighted by Gasteiger charge is 2.31. The predicted molar refractivity (Wildman–Crippen MR) is 96.9 cm³/mol. The molecule has 1 amide bonds. The second-order valence-electron chi connectivity index (χ2n) is 6.94. The molecule has 1 aliphatic rings. The molecule has 0 radical (unpaired) electrons. The van der Waals surface area contributed by atoms with Crippen LogP contribution in [0.3, 0.4) is 0 Å². The van der Waals surface area contributed by atoms with Crippen LogP contribution in [0, 0.1) is 0 Å². The Labute approximate surface area is 148 Å². The van der Waals surface area contributed by atoms with Gasteiger partial charge in [-0.1, -0.05) is 12.1 Å². The fourth-order valence-electron chi connectivity index (χ4n) is 2.68. The Balaban J connectivity index is 1.72. The maximum atomic E-state index is 12.9. The Morgan fingerprint density at radius 2 is 2.12 bits per heavy atom. The zero-order chi connectivity index (χ0) is 17.3. The van der Waals surface area contributed by atoms with Crippen LogP contribution in [0.25, 0.3) is 10.2 Å². The van der Waals surface area contributed by atoms with Crippen molar-refractivity contribution in [3.8, 4) is 0 Å². The van der Waals surface area contributed by atoms with Gasteiger partial charge in [0, 0.05) is 13.1 Å². The SMILES string of the molecule is CC(C)(C)OC(=O)N1CCCC(S(=O)c2nc3ccccc3s2)C1. The van der Waals surface area contributed by atoms with Gasteiger partial charge in [-0.3, -0.25) is 4.21 Å². The number of nitrogens with zero attached hydrogens (tertiary/aromatic N) is 2. The number of benzene rings is 1. The van der Waals surface area contributed by atoms with Gasteiger partial charge < -0.3 is 9.64 Å². The average molecular weight is 367 g/mol. The van der Waals surface area contributed by atoms with Gasteiger partial charge in [0.2, 0.25) is 0 Å². The molecule has 1 saturated heterocycles. The summed E-state index contributed by atoms with van der Waals surface area (Å²) in [5.74, 6) is 0. The molecule has 130 valence electrons. The molecule has 24 heavy (non-hydrogen) atoms. The van der Waals surface area contributed by atoms with Crippen molar-refractivity contribution in [2.75, 3.05) is 13.1 Å². The lowest BCUT2D eigenvalue weighted by Gasteiger charge is -2.33. The summed E-state index contributed by atoms with van der Waals surface area (Å²) >= 11 is 1.47. The fourth-order valence-corrected chi connectivity index (χ4v) is 5.56. The summed E-state index contributed by atoms with van der Waals surface area (Å²) in [5.41, 5.74) is 0.363. The van der Waals surface area contributed by atoms with Crippen LogP contribution >= 0.6 is 11.3 Å². The molecule has 1 aliphatic heterocycles. The first kappa shape index (κ1) is 17.4. The molecule has 7 heteroatoms. The van der Waals surface area contributed by atoms with Crippen LogP contribution in [0.2, 0.25) is 0 Å². The molecule has 0 N–H and O–H groups in total. The van der Waals surface area contributed by atoms with E-state index in [2.05, 4.69) is 4.98 Å². The van der Waals surface area contributed by atoms with E-state index in [0.717, 1.165) is 23.1 Å². The number of hydrogen-bond donors (Lipinski definition) is 0. The number of piperidine rings is 1. The molecule has 0 bridgehead atoms. The van der Waals surface area contributed by atoms with Crippen LogP contribution in [0.1, 0.15) is 33.6 Å². The van der Waals surface area contributed by atoms with Gasteiger partial charge in [-0.05, 0) is 45.7 Å². The highest BCUT2D eigenvalue weighted by atomic mass is 32.2. The first-order valence-electron chi connectivity index (χ1n) is 8.07. The molecule has 0 aliphatic carbocycles. The van der Waals surface area contributed by atoms with Crippen molar-refractivity contribution in [2.45, 2.75) is 48.8 Å². The third-order valence-electron chi connectivity index (χ3n) is 3.78. The van der Waals surface area contributed by atoms with Crippen molar-refractivity contribution in [1.82, 2.24) is 9.88 Å². The van der Waals surface area contributed by atoms with E-state index in [1.807, 2.05) is 45.0 Å². The molecule has 1 fully saturated rings. The molecule has 0 saturated carbocycles. The number of likely N-dealkylation sites (tertiary alicyclic amines) is 1. The number of fused-ring (bicyclic) bond motifs is 1. The van der Waals surface area contributed by atoms with E-state index in [1.165, 1.54) is 11.3 Å². The summed E-state index contributed by atoms with van der Waals surface area (Å²) < 4.78 is 20.0. The van der Waals surface area contributed by atoms with Gasteiger partial charge in [-0.25, -0.2) is 9.78 Å². The number of hydrogen-bond acceptors (Lipinski definition) is 5. The summed E-state index contributed by atoms with van der Waals surface area (Å²) in [6.45, 7) is 6.67. The van der Waals surface area contributed by atoms with Gasteiger partial charge in [0.05, 0.1) is 26.3 Å². The van der Waals surface area contributed by atoms with E-state index >= 15 is 0 Å². The van der Waals surface area contributed by atoms with E-state index < -0.39 is 16.4 Å². The quantitative estimate of drug-likeness (QED) is 0.811. The van der Waals surface area contributed by atoms with Crippen LogP contribution in [0.4, 0.5) is 4.79 Å². The van der Waals surface area contributed by atoms with Crippen molar-refractivity contribution in [3.63, 3.8) is 0 Å². The molecule has 3 rings (SSSR count). The number of carbonyl (C=O) groups excluding carboxylic acids is 1. The first-order valence-corrected chi connectivity index (χ1v) is 10.1. The monoisotopic (exact) mass is 366 g/mol. The van der Waals surface area contributed by atoms with Crippen LogP contribution < -0.4 is 0 Å². The summed E-state index contributed by atoms with van der Waals surface area (Å²) in [6, 6.07) is 7.81. The normalized spacial score (nSPS) is 20.1. The third-order valence-corrected chi connectivity index (χ3v) is 6.78. The summed E-state index contributed by atoms with van der Waals surface area (Å²) in [5, 5.41) is -0.0909. The lowest BCUT2D eigenvalue weighted by molar-refractivity contribution is 0.0219. The van der Waals surface area contributed by atoms with Gasteiger partial charge in [0.15, 0.2) is 4.34 Å². The Morgan fingerprint density at radius 1 is 1.38 bits per heavy atom. The lowest BCUT2D eigenvalue weighted by Crippen LogP contribution is -2.45.